The molecule has 0 fully saturated rings. The summed E-state index contributed by atoms with van der Waals surface area (Å²) in [6.45, 7) is 4.36. The lowest BCUT2D eigenvalue weighted by Crippen LogP contribution is -1.87. The van der Waals surface area contributed by atoms with Crippen molar-refractivity contribution in [3.05, 3.63) is 131 Å². The maximum absolute atomic E-state index is 2.34. The molecule has 0 saturated carbocycles. The average Bonchev–Trinajstić information content (AvgIpc) is 2.99. The van der Waals surface area contributed by atoms with Gasteiger partial charge in [-0.15, -0.1) is 23.5 Å². The summed E-state index contributed by atoms with van der Waals surface area (Å²) in [6, 6.07) is 40.2. The van der Waals surface area contributed by atoms with Gasteiger partial charge in [0, 0.05) is 9.79 Å². The van der Waals surface area contributed by atoms with Gasteiger partial charge in [0.2, 0.25) is 0 Å². The van der Waals surface area contributed by atoms with Crippen molar-refractivity contribution in [2.45, 2.75) is 23.6 Å². The third-order valence-electron chi connectivity index (χ3n) is 7.73. The van der Waals surface area contributed by atoms with Crippen LogP contribution in [0.1, 0.15) is 22.3 Å². The van der Waals surface area contributed by atoms with Gasteiger partial charge in [0.25, 0.3) is 0 Å². The molecule has 0 heterocycles. The van der Waals surface area contributed by atoms with E-state index in [1.54, 1.807) is 23.5 Å². The second-order valence-electron chi connectivity index (χ2n) is 10.3. The Hall–Kier alpha value is -3.72. The maximum Gasteiger partial charge on any atom is 0.0148 e. The highest BCUT2D eigenvalue weighted by atomic mass is 32.2. The van der Waals surface area contributed by atoms with Crippen LogP contribution >= 0.6 is 23.5 Å². The topological polar surface area (TPSA) is 0 Å². The number of fused-ring (bicyclic) bond motifs is 2. The van der Waals surface area contributed by atoms with Crippen LogP contribution in [0.3, 0.4) is 0 Å². The fraction of sp³-hybridized carbons (Fsp3) is 0.105. The zero-order valence-corrected chi connectivity index (χ0v) is 25.0. The van der Waals surface area contributed by atoms with Crippen LogP contribution in [0.25, 0.3) is 56.0 Å². The summed E-state index contributed by atoms with van der Waals surface area (Å²) in [4.78, 5) is 2.58. The van der Waals surface area contributed by atoms with E-state index in [-0.39, 0.29) is 0 Å². The van der Waals surface area contributed by atoms with Crippen LogP contribution in [0, 0.1) is 13.8 Å². The Morgan fingerprint density at radius 2 is 0.875 bits per heavy atom. The SMILES string of the molecule is CSc1cc2cc(-c3ccccc3C)ccc2cc1C=Cc1cc2ccc(-c3ccccc3C)cc2cc1SC. The minimum atomic E-state index is 1.26. The number of rotatable bonds is 6. The first kappa shape index (κ1) is 26.5. The van der Waals surface area contributed by atoms with Crippen molar-refractivity contribution in [2.24, 2.45) is 0 Å². The fourth-order valence-corrected chi connectivity index (χ4v) is 6.73. The smallest absolute Gasteiger partial charge is 0.0148 e. The summed E-state index contributed by atoms with van der Waals surface area (Å²) in [5.74, 6) is 0. The Kier molecular flexibility index (Phi) is 7.56. The third-order valence-corrected chi connectivity index (χ3v) is 9.32. The quantitative estimate of drug-likeness (QED) is 0.149. The van der Waals surface area contributed by atoms with Crippen LogP contribution in [-0.2, 0) is 0 Å². The molecule has 6 rings (SSSR count). The highest BCUT2D eigenvalue weighted by molar-refractivity contribution is 7.99. The monoisotopic (exact) mass is 552 g/mol. The number of thioether (sulfide) groups is 2. The van der Waals surface area contributed by atoms with Gasteiger partial charge in [-0.3, -0.25) is 0 Å². The van der Waals surface area contributed by atoms with E-state index < -0.39 is 0 Å². The van der Waals surface area contributed by atoms with Gasteiger partial charge in [0.1, 0.15) is 0 Å². The van der Waals surface area contributed by atoms with Crippen molar-refractivity contribution in [3.63, 3.8) is 0 Å². The first-order valence-electron chi connectivity index (χ1n) is 13.6. The lowest BCUT2D eigenvalue weighted by atomic mass is 9.96. The molecule has 0 saturated heterocycles. The molecule has 2 heteroatoms. The van der Waals surface area contributed by atoms with E-state index in [1.807, 2.05) is 0 Å². The molecule has 196 valence electrons. The van der Waals surface area contributed by atoms with Crippen molar-refractivity contribution in [3.8, 4) is 22.3 Å². The molecule has 40 heavy (non-hydrogen) atoms. The minimum Gasteiger partial charge on any atom is -0.129 e. The normalized spacial score (nSPS) is 11.6. The highest BCUT2D eigenvalue weighted by Crippen LogP contribution is 2.35. The molecule has 0 atom stereocenters. The minimum absolute atomic E-state index is 1.26. The lowest BCUT2D eigenvalue weighted by molar-refractivity contribution is 1.44. The molecule has 0 nitrogen and oxygen atoms in total. The summed E-state index contributed by atoms with van der Waals surface area (Å²) >= 11 is 3.61. The van der Waals surface area contributed by atoms with Crippen LogP contribution in [0.5, 0.6) is 0 Å². The third kappa shape index (κ3) is 5.22. The Morgan fingerprint density at radius 3 is 1.27 bits per heavy atom. The van der Waals surface area contributed by atoms with Gasteiger partial charge in [-0.1, -0.05) is 84.9 Å². The molecule has 0 unspecified atom stereocenters. The molecule has 0 amide bonds. The second kappa shape index (κ2) is 11.4. The molecule has 0 bridgehead atoms. The largest absolute Gasteiger partial charge is 0.129 e. The molecular weight excluding hydrogens is 521 g/mol. The Bertz CT molecular complexity index is 1760. The lowest BCUT2D eigenvalue weighted by Gasteiger charge is -2.11. The molecule has 0 aliphatic rings. The van der Waals surface area contributed by atoms with Crippen LogP contribution < -0.4 is 0 Å². The Morgan fingerprint density at radius 1 is 0.450 bits per heavy atom. The summed E-state index contributed by atoms with van der Waals surface area (Å²) in [5, 5.41) is 5.09. The highest BCUT2D eigenvalue weighted by Gasteiger charge is 2.09. The molecule has 0 aliphatic heterocycles. The van der Waals surface area contributed by atoms with Gasteiger partial charge in [0.05, 0.1) is 0 Å². The van der Waals surface area contributed by atoms with E-state index in [9.17, 15) is 0 Å². The molecule has 0 N–H and O–H groups in total. The van der Waals surface area contributed by atoms with Crippen molar-refractivity contribution >= 4 is 57.2 Å². The molecular formula is C38H32S2. The van der Waals surface area contributed by atoms with E-state index in [2.05, 4.69) is 148 Å². The molecule has 0 aromatic heterocycles. The summed E-state index contributed by atoms with van der Waals surface area (Å²) in [6.07, 6.45) is 8.89. The fourth-order valence-electron chi connectivity index (χ4n) is 5.51. The summed E-state index contributed by atoms with van der Waals surface area (Å²) in [5.41, 5.74) is 10.3. The zero-order chi connectivity index (χ0) is 27.6. The van der Waals surface area contributed by atoms with Gasteiger partial charge in [-0.2, -0.15) is 0 Å². The summed E-state index contributed by atoms with van der Waals surface area (Å²) < 4.78 is 0. The predicted octanol–water partition coefficient (Wildman–Crippen LogP) is 11.6. The number of hydrogen-bond donors (Lipinski definition) is 0. The average molecular weight is 553 g/mol. The van der Waals surface area contributed by atoms with Crippen LogP contribution in [0.2, 0.25) is 0 Å². The predicted molar refractivity (Wildman–Crippen MR) is 181 cm³/mol. The molecule has 6 aromatic rings. The van der Waals surface area contributed by atoms with Crippen LogP contribution in [0.15, 0.2) is 119 Å². The molecule has 0 radical (unpaired) electrons. The van der Waals surface area contributed by atoms with Crippen LogP contribution in [0.4, 0.5) is 0 Å². The van der Waals surface area contributed by atoms with E-state index in [0.29, 0.717) is 0 Å². The number of benzene rings is 6. The van der Waals surface area contributed by atoms with Crippen molar-refractivity contribution < 1.29 is 0 Å². The van der Waals surface area contributed by atoms with Gasteiger partial charge >= 0.3 is 0 Å². The first-order valence-corrected chi connectivity index (χ1v) is 16.0. The van der Waals surface area contributed by atoms with Gasteiger partial charge < -0.3 is 0 Å². The zero-order valence-electron chi connectivity index (χ0n) is 23.4. The van der Waals surface area contributed by atoms with Gasteiger partial charge in [0.15, 0.2) is 0 Å². The first-order chi connectivity index (χ1) is 19.5. The molecule has 0 aliphatic carbocycles. The van der Waals surface area contributed by atoms with E-state index in [0.717, 1.165) is 0 Å². The van der Waals surface area contributed by atoms with Crippen molar-refractivity contribution in [1.29, 1.82) is 0 Å². The number of aryl methyl sites for hydroxylation is 2. The summed E-state index contributed by atoms with van der Waals surface area (Å²) in [7, 11) is 0. The van der Waals surface area contributed by atoms with Gasteiger partial charge in [-0.05, 0) is 129 Å². The Balaban J connectivity index is 1.36. The van der Waals surface area contributed by atoms with E-state index in [1.165, 1.54) is 75.8 Å². The van der Waals surface area contributed by atoms with E-state index >= 15 is 0 Å². The maximum atomic E-state index is 2.34. The molecule has 6 aromatic carbocycles. The van der Waals surface area contributed by atoms with Crippen molar-refractivity contribution in [2.75, 3.05) is 12.5 Å². The van der Waals surface area contributed by atoms with Gasteiger partial charge in [-0.25, -0.2) is 0 Å². The standard InChI is InChI=1S/C38H32S2/c1-25-9-5-7-11-35(25)29-15-13-27-19-31(37(39-3)23-33(27)21-29)17-18-32-20-28-14-16-30(22-34(28)24-38(32)40-4)36-12-8-6-10-26(36)2/h5-24H,1-4H3. The number of hydrogen-bond acceptors (Lipinski definition) is 2. The van der Waals surface area contributed by atoms with Crippen molar-refractivity contribution in [1.82, 2.24) is 0 Å². The van der Waals surface area contributed by atoms with E-state index in [4.69, 9.17) is 0 Å². The second-order valence-corrected chi connectivity index (χ2v) is 12.0. The molecule has 0 spiro atoms. The van der Waals surface area contributed by atoms with Crippen LogP contribution in [-0.4, -0.2) is 12.5 Å². The Labute approximate surface area is 246 Å².